The van der Waals surface area contributed by atoms with Gasteiger partial charge in [0, 0.05) is 12.6 Å². The maximum absolute atomic E-state index is 11.6. The van der Waals surface area contributed by atoms with Gasteiger partial charge in [-0.05, 0) is 37.3 Å². The number of aliphatic hydroxyl groups excluding tert-OH is 1. The minimum Gasteiger partial charge on any atom is -0.467 e. The van der Waals surface area contributed by atoms with E-state index in [1.54, 1.807) is 12.3 Å². The third kappa shape index (κ3) is 3.78. The molecule has 94 valence electrons. The molecule has 0 spiro atoms. The Labute approximate surface area is 100 Å². The van der Waals surface area contributed by atoms with E-state index in [1.165, 1.54) is 0 Å². The van der Waals surface area contributed by atoms with E-state index in [4.69, 9.17) is 9.52 Å². The molecule has 1 heterocycles. The summed E-state index contributed by atoms with van der Waals surface area (Å²) in [5.74, 6) is 1.27. The van der Waals surface area contributed by atoms with Crippen LogP contribution < -0.4 is 10.6 Å². The monoisotopic (exact) mass is 238 g/mol. The lowest BCUT2D eigenvalue weighted by molar-refractivity contribution is 0.224. The molecule has 2 amide bonds. The minimum absolute atomic E-state index is 0.0941. The van der Waals surface area contributed by atoms with Crippen molar-refractivity contribution < 1.29 is 14.3 Å². The lowest BCUT2D eigenvalue weighted by Gasteiger charge is -2.17. The molecule has 1 unspecified atom stereocenters. The van der Waals surface area contributed by atoms with Crippen molar-refractivity contribution in [2.45, 2.75) is 31.8 Å². The zero-order chi connectivity index (χ0) is 12.1. The van der Waals surface area contributed by atoms with E-state index in [0.717, 1.165) is 18.6 Å². The van der Waals surface area contributed by atoms with E-state index in [1.807, 2.05) is 6.07 Å². The predicted molar refractivity (Wildman–Crippen MR) is 62.3 cm³/mol. The Balaban J connectivity index is 1.71. The van der Waals surface area contributed by atoms with E-state index >= 15 is 0 Å². The van der Waals surface area contributed by atoms with Gasteiger partial charge in [0.15, 0.2) is 0 Å². The second-order valence-corrected chi connectivity index (χ2v) is 4.36. The topological polar surface area (TPSA) is 74.5 Å². The fourth-order valence-corrected chi connectivity index (χ4v) is 1.86. The fourth-order valence-electron chi connectivity index (χ4n) is 1.86. The van der Waals surface area contributed by atoms with Crippen LogP contribution in [0.25, 0.3) is 0 Å². The molecule has 1 saturated carbocycles. The number of rotatable bonds is 6. The lowest BCUT2D eigenvalue weighted by atomic mass is 10.1. The summed E-state index contributed by atoms with van der Waals surface area (Å²) in [6.45, 7) is 0.495. The molecule has 1 aromatic heterocycles. The normalized spacial score (nSPS) is 16.5. The average Bonchev–Trinajstić information content (AvgIpc) is 3.03. The molecule has 3 N–H and O–H groups in total. The van der Waals surface area contributed by atoms with Crippen molar-refractivity contribution >= 4 is 6.03 Å². The van der Waals surface area contributed by atoms with Crippen LogP contribution in [0.15, 0.2) is 22.8 Å². The van der Waals surface area contributed by atoms with Gasteiger partial charge in [-0.1, -0.05) is 0 Å². The molecule has 1 aliphatic carbocycles. The van der Waals surface area contributed by atoms with Gasteiger partial charge >= 0.3 is 6.03 Å². The zero-order valence-corrected chi connectivity index (χ0v) is 9.69. The molecule has 0 bridgehead atoms. The number of nitrogens with one attached hydrogen (secondary N) is 2. The highest BCUT2D eigenvalue weighted by Gasteiger charge is 2.31. The first-order valence-corrected chi connectivity index (χ1v) is 5.97. The maximum Gasteiger partial charge on any atom is 0.315 e. The third-order valence-corrected chi connectivity index (χ3v) is 2.95. The number of amides is 2. The smallest absolute Gasteiger partial charge is 0.315 e. The summed E-state index contributed by atoms with van der Waals surface area (Å²) < 4.78 is 5.11. The van der Waals surface area contributed by atoms with Gasteiger partial charge in [0.2, 0.25) is 0 Å². The van der Waals surface area contributed by atoms with E-state index in [0.29, 0.717) is 18.9 Å². The number of hydrogen-bond acceptors (Lipinski definition) is 3. The molecule has 0 aliphatic heterocycles. The molecule has 5 nitrogen and oxygen atoms in total. The molecule has 0 saturated heterocycles. The Hall–Kier alpha value is -1.49. The maximum atomic E-state index is 11.6. The Morgan fingerprint density at radius 1 is 1.59 bits per heavy atom. The van der Waals surface area contributed by atoms with Crippen molar-refractivity contribution in [1.29, 1.82) is 0 Å². The number of urea groups is 1. The van der Waals surface area contributed by atoms with Gasteiger partial charge in [-0.3, -0.25) is 0 Å². The average molecular weight is 238 g/mol. The van der Waals surface area contributed by atoms with Crippen molar-refractivity contribution in [1.82, 2.24) is 10.6 Å². The van der Waals surface area contributed by atoms with Crippen LogP contribution in [0.3, 0.4) is 0 Å². The van der Waals surface area contributed by atoms with Crippen molar-refractivity contribution in [2.24, 2.45) is 5.92 Å². The van der Waals surface area contributed by atoms with Crippen LogP contribution in [0.2, 0.25) is 0 Å². The molecule has 5 heteroatoms. The van der Waals surface area contributed by atoms with Crippen molar-refractivity contribution in [3.05, 3.63) is 24.2 Å². The highest BCUT2D eigenvalue weighted by molar-refractivity contribution is 5.74. The van der Waals surface area contributed by atoms with Gasteiger partial charge in [0.25, 0.3) is 0 Å². The van der Waals surface area contributed by atoms with E-state index in [9.17, 15) is 4.79 Å². The summed E-state index contributed by atoms with van der Waals surface area (Å²) in [4.78, 5) is 11.6. The van der Waals surface area contributed by atoms with Crippen molar-refractivity contribution in [2.75, 3.05) is 6.61 Å². The standard InChI is InChI=1S/C12H18N2O3/c15-6-5-11(9-3-4-9)14-12(16)13-8-10-2-1-7-17-10/h1-2,7,9,11,15H,3-6,8H2,(H2,13,14,16). The second kappa shape index (κ2) is 5.72. The summed E-state index contributed by atoms with van der Waals surface area (Å²) >= 11 is 0. The molecule has 1 fully saturated rings. The summed E-state index contributed by atoms with van der Waals surface area (Å²) in [7, 11) is 0. The van der Waals surface area contributed by atoms with Gasteiger partial charge < -0.3 is 20.2 Å². The second-order valence-electron chi connectivity index (χ2n) is 4.36. The van der Waals surface area contributed by atoms with Crippen molar-refractivity contribution in [3.63, 3.8) is 0 Å². The predicted octanol–water partition coefficient (Wildman–Crippen LogP) is 1.24. The highest BCUT2D eigenvalue weighted by Crippen LogP contribution is 2.33. The SMILES string of the molecule is O=C(NCc1ccco1)NC(CCO)C1CC1. The Morgan fingerprint density at radius 2 is 2.41 bits per heavy atom. The summed E-state index contributed by atoms with van der Waals surface area (Å²) in [6, 6.07) is 3.49. The highest BCUT2D eigenvalue weighted by atomic mass is 16.3. The number of carbonyl (C=O) groups excluding carboxylic acids is 1. The first kappa shape index (κ1) is 12.0. The van der Waals surface area contributed by atoms with Crippen LogP contribution in [0.4, 0.5) is 4.79 Å². The van der Waals surface area contributed by atoms with Crippen LogP contribution in [0.5, 0.6) is 0 Å². The fraction of sp³-hybridized carbons (Fsp3) is 0.583. The summed E-state index contributed by atoms with van der Waals surface area (Å²) in [5, 5.41) is 14.5. The van der Waals surface area contributed by atoms with Crippen LogP contribution in [-0.2, 0) is 6.54 Å². The molecule has 0 aromatic carbocycles. The van der Waals surface area contributed by atoms with E-state index in [2.05, 4.69) is 10.6 Å². The minimum atomic E-state index is -0.202. The van der Waals surface area contributed by atoms with Crippen LogP contribution >= 0.6 is 0 Å². The van der Waals surface area contributed by atoms with Gasteiger partial charge in [-0.15, -0.1) is 0 Å². The zero-order valence-electron chi connectivity index (χ0n) is 9.69. The molecular weight excluding hydrogens is 220 g/mol. The molecule has 1 atom stereocenters. The van der Waals surface area contributed by atoms with Crippen LogP contribution in [0, 0.1) is 5.92 Å². The quantitative estimate of drug-likeness (QED) is 0.698. The number of furan rings is 1. The van der Waals surface area contributed by atoms with Gasteiger partial charge in [-0.2, -0.15) is 0 Å². The first-order chi connectivity index (χ1) is 8.29. The van der Waals surface area contributed by atoms with E-state index in [-0.39, 0.29) is 18.7 Å². The number of carbonyl (C=O) groups is 1. The number of aliphatic hydroxyl groups is 1. The van der Waals surface area contributed by atoms with Crippen LogP contribution in [-0.4, -0.2) is 23.8 Å². The molecular formula is C12H18N2O3. The van der Waals surface area contributed by atoms with Gasteiger partial charge in [0.05, 0.1) is 12.8 Å². The van der Waals surface area contributed by atoms with Gasteiger partial charge in [0.1, 0.15) is 5.76 Å². The molecule has 2 rings (SSSR count). The van der Waals surface area contributed by atoms with E-state index < -0.39 is 0 Å². The molecule has 0 radical (unpaired) electrons. The van der Waals surface area contributed by atoms with Crippen LogP contribution in [0.1, 0.15) is 25.0 Å². The molecule has 1 aromatic rings. The lowest BCUT2D eigenvalue weighted by Crippen LogP contribution is -2.43. The van der Waals surface area contributed by atoms with Crippen molar-refractivity contribution in [3.8, 4) is 0 Å². The third-order valence-electron chi connectivity index (χ3n) is 2.95. The summed E-state index contributed by atoms with van der Waals surface area (Å²) in [6.07, 6.45) is 4.48. The Kier molecular flexibility index (Phi) is 4.03. The number of hydrogen-bond donors (Lipinski definition) is 3. The van der Waals surface area contributed by atoms with Gasteiger partial charge in [-0.25, -0.2) is 4.79 Å². The molecule has 17 heavy (non-hydrogen) atoms. The Morgan fingerprint density at radius 3 is 3.00 bits per heavy atom. The molecule has 1 aliphatic rings. The first-order valence-electron chi connectivity index (χ1n) is 5.97. The Bertz CT molecular complexity index is 347. The largest absolute Gasteiger partial charge is 0.467 e. The summed E-state index contributed by atoms with van der Waals surface area (Å²) in [5.41, 5.74) is 0.